The molecule has 2 aromatic rings. The van der Waals surface area contributed by atoms with Crippen LogP contribution in [-0.4, -0.2) is 28.8 Å². The molecule has 0 amide bonds. The van der Waals surface area contributed by atoms with Crippen molar-refractivity contribution in [2.75, 3.05) is 19.0 Å². The van der Waals surface area contributed by atoms with Gasteiger partial charge in [-0.1, -0.05) is 19.1 Å². The number of nitrogens with one attached hydrogen (secondary N) is 1. The number of hydrogen-bond donors (Lipinski definition) is 2. The van der Waals surface area contributed by atoms with Gasteiger partial charge in [0, 0.05) is 14.1 Å². The molecule has 0 atom stereocenters. The second kappa shape index (κ2) is 5.24. The summed E-state index contributed by atoms with van der Waals surface area (Å²) in [5, 5.41) is 10.2. The van der Waals surface area contributed by atoms with Gasteiger partial charge in [-0.05, 0) is 18.6 Å². The molecule has 0 spiro atoms. The van der Waals surface area contributed by atoms with Crippen molar-refractivity contribution in [3.8, 4) is 11.6 Å². The van der Waals surface area contributed by atoms with Crippen molar-refractivity contribution in [1.82, 2.24) is 9.55 Å². The largest absolute Gasteiger partial charge is 0.494 e. The summed E-state index contributed by atoms with van der Waals surface area (Å²) in [7, 11) is 3.68. The van der Waals surface area contributed by atoms with Crippen LogP contribution in [-0.2, 0) is 6.42 Å². The zero-order valence-electron chi connectivity index (χ0n) is 11.7. The molecule has 0 bridgehead atoms. The Morgan fingerprint density at radius 3 is 2.50 bits per heavy atom. The summed E-state index contributed by atoms with van der Waals surface area (Å²) in [5.74, 6) is -0.310. The average Bonchev–Trinajstić information content (AvgIpc) is 2.39. The van der Waals surface area contributed by atoms with Gasteiger partial charge >= 0.3 is 5.69 Å². The number of benzene rings is 1. The van der Waals surface area contributed by atoms with E-state index in [2.05, 4.69) is 4.98 Å². The van der Waals surface area contributed by atoms with E-state index >= 15 is 0 Å². The number of nitrogens with zero attached hydrogens (tertiary/aromatic N) is 2. The van der Waals surface area contributed by atoms with E-state index in [9.17, 15) is 14.7 Å². The molecular weight excluding hydrogens is 258 g/mol. The fraction of sp³-hybridized carbons (Fsp3) is 0.286. The van der Waals surface area contributed by atoms with Crippen LogP contribution in [0.4, 0.5) is 5.69 Å². The van der Waals surface area contributed by atoms with Crippen molar-refractivity contribution < 1.29 is 5.11 Å². The Hall–Kier alpha value is -2.50. The minimum atomic E-state index is -0.654. The average molecular weight is 275 g/mol. The Kier molecular flexibility index (Phi) is 3.65. The Morgan fingerprint density at radius 1 is 1.25 bits per heavy atom. The molecule has 1 aromatic carbocycles. The summed E-state index contributed by atoms with van der Waals surface area (Å²) < 4.78 is 1.12. The monoisotopic (exact) mass is 275 g/mol. The summed E-state index contributed by atoms with van der Waals surface area (Å²) >= 11 is 0. The van der Waals surface area contributed by atoms with Crippen LogP contribution in [0.15, 0.2) is 33.9 Å². The molecule has 1 aromatic heterocycles. The van der Waals surface area contributed by atoms with Crippen LogP contribution in [0, 0.1) is 0 Å². The molecule has 0 saturated carbocycles. The number of hydrogen-bond acceptors (Lipinski definition) is 4. The number of H-pyrrole nitrogens is 1. The third-order valence-electron chi connectivity index (χ3n) is 3.14. The van der Waals surface area contributed by atoms with Crippen molar-refractivity contribution >= 4 is 5.69 Å². The molecule has 0 aliphatic heterocycles. The predicted molar refractivity (Wildman–Crippen MR) is 78.0 cm³/mol. The summed E-state index contributed by atoms with van der Waals surface area (Å²) in [6.07, 6.45) is 0.339. The fourth-order valence-corrected chi connectivity index (χ4v) is 2.13. The number of para-hydroxylation sites is 2. The fourth-order valence-electron chi connectivity index (χ4n) is 2.13. The van der Waals surface area contributed by atoms with Crippen LogP contribution in [0.1, 0.15) is 12.5 Å². The highest BCUT2D eigenvalue weighted by molar-refractivity contribution is 5.63. The van der Waals surface area contributed by atoms with E-state index < -0.39 is 11.2 Å². The Morgan fingerprint density at radius 2 is 1.90 bits per heavy atom. The lowest BCUT2D eigenvalue weighted by Gasteiger charge is -2.19. The van der Waals surface area contributed by atoms with E-state index in [0.29, 0.717) is 12.1 Å². The summed E-state index contributed by atoms with van der Waals surface area (Å²) in [4.78, 5) is 27.8. The molecule has 0 fully saturated rings. The number of anilines is 1. The molecule has 6 heteroatoms. The van der Waals surface area contributed by atoms with Gasteiger partial charge in [0.15, 0.2) is 0 Å². The molecule has 0 radical (unpaired) electrons. The van der Waals surface area contributed by atoms with E-state index in [1.165, 1.54) is 0 Å². The van der Waals surface area contributed by atoms with Gasteiger partial charge in [-0.3, -0.25) is 9.78 Å². The van der Waals surface area contributed by atoms with Gasteiger partial charge < -0.3 is 10.0 Å². The number of aromatic amines is 1. The van der Waals surface area contributed by atoms with Crippen molar-refractivity contribution in [3.05, 3.63) is 50.7 Å². The van der Waals surface area contributed by atoms with Gasteiger partial charge in [0.05, 0.1) is 16.9 Å². The maximum absolute atomic E-state index is 12.0. The van der Waals surface area contributed by atoms with E-state index in [1.54, 1.807) is 19.1 Å². The lowest BCUT2D eigenvalue weighted by molar-refractivity contribution is 0.423. The highest BCUT2D eigenvalue weighted by atomic mass is 16.3. The second-order valence-electron chi connectivity index (χ2n) is 4.63. The minimum absolute atomic E-state index is 0.193. The van der Waals surface area contributed by atoms with Crippen LogP contribution in [0.2, 0.25) is 0 Å². The third kappa shape index (κ3) is 2.20. The molecular formula is C14H17N3O3. The SMILES string of the molecule is CCc1c(O)n(-c2ccccc2N(C)C)c(=O)[nH]c1=O. The first kappa shape index (κ1) is 13.9. The molecule has 2 rings (SSSR count). The van der Waals surface area contributed by atoms with Crippen molar-refractivity contribution in [2.24, 2.45) is 0 Å². The number of aromatic hydroxyl groups is 1. The summed E-state index contributed by atoms with van der Waals surface area (Å²) in [5.41, 5.74) is 0.274. The standard InChI is InChI=1S/C14H17N3O3/c1-4-9-12(18)15-14(20)17(13(9)19)11-8-6-5-7-10(11)16(2)3/h5-8,19H,4H2,1-3H3,(H,15,18,20). The smallest absolute Gasteiger partial charge is 0.335 e. The molecule has 0 aliphatic rings. The van der Waals surface area contributed by atoms with Crippen molar-refractivity contribution in [1.29, 1.82) is 0 Å². The zero-order chi connectivity index (χ0) is 14.9. The lowest BCUT2D eigenvalue weighted by atomic mass is 10.2. The van der Waals surface area contributed by atoms with Gasteiger partial charge in [0.2, 0.25) is 5.88 Å². The molecule has 20 heavy (non-hydrogen) atoms. The van der Waals surface area contributed by atoms with Crippen LogP contribution in [0.3, 0.4) is 0 Å². The normalized spacial score (nSPS) is 10.6. The van der Waals surface area contributed by atoms with Gasteiger partial charge in [-0.2, -0.15) is 0 Å². The third-order valence-corrected chi connectivity index (χ3v) is 3.14. The first-order valence-electron chi connectivity index (χ1n) is 6.31. The molecule has 1 heterocycles. The van der Waals surface area contributed by atoms with E-state index in [4.69, 9.17) is 0 Å². The maximum atomic E-state index is 12.0. The molecule has 6 nitrogen and oxygen atoms in total. The Balaban J connectivity index is 2.84. The highest BCUT2D eigenvalue weighted by Gasteiger charge is 2.16. The van der Waals surface area contributed by atoms with E-state index in [1.807, 2.05) is 31.1 Å². The summed E-state index contributed by atoms with van der Waals surface area (Å²) in [6, 6.07) is 7.16. The first-order chi connectivity index (χ1) is 9.47. The van der Waals surface area contributed by atoms with Crippen LogP contribution in [0.5, 0.6) is 5.88 Å². The molecule has 0 saturated heterocycles. The number of aromatic nitrogens is 2. The van der Waals surface area contributed by atoms with Crippen molar-refractivity contribution in [3.63, 3.8) is 0 Å². The highest BCUT2D eigenvalue weighted by Crippen LogP contribution is 2.25. The molecule has 0 aliphatic carbocycles. The predicted octanol–water partition coefficient (Wildman–Crippen LogP) is 0.860. The molecule has 2 N–H and O–H groups in total. The summed E-state index contributed by atoms with van der Waals surface area (Å²) in [6.45, 7) is 1.75. The molecule has 0 unspecified atom stereocenters. The van der Waals surface area contributed by atoms with Crippen LogP contribution < -0.4 is 16.1 Å². The van der Waals surface area contributed by atoms with Gasteiger partial charge in [0.1, 0.15) is 0 Å². The first-order valence-corrected chi connectivity index (χ1v) is 6.31. The quantitative estimate of drug-likeness (QED) is 0.871. The second-order valence-corrected chi connectivity index (χ2v) is 4.63. The van der Waals surface area contributed by atoms with Gasteiger partial charge in [-0.25, -0.2) is 9.36 Å². The van der Waals surface area contributed by atoms with E-state index in [-0.39, 0.29) is 11.4 Å². The topological polar surface area (TPSA) is 78.3 Å². The number of rotatable bonds is 3. The van der Waals surface area contributed by atoms with Gasteiger partial charge in [-0.15, -0.1) is 0 Å². The Bertz CT molecular complexity index is 744. The zero-order valence-corrected chi connectivity index (χ0v) is 11.7. The molecule has 106 valence electrons. The van der Waals surface area contributed by atoms with Crippen LogP contribution in [0.25, 0.3) is 5.69 Å². The van der Waals surface area contributed by atoms with Crippen LogP contribution >= 0.6 is 0 Å². The lowest BCUT2D eigenvalue weighted by Crippen LogP contribution is -2.32. The van der Waals surface area contributed by atoms with Crippen molar-refractivity contribution in [2.45, 2.75) is 13.3 Å². The Labute approximate surface area is 115 Å². The van der Waals surface area contributed by atoms with E-state index in [0.717, 1.165) is 10.3 Å². The maximum Gasteiger partial charge on any atom is 0.335 e. The van der Waals surface area contributed by atoms with Gasteiger partial charge in [0.25, 0.3) is 5.56 Å². The minimum Gasteiger partial charge on any atom is -0.494 e.